The second kappa shape index (κ2) is 5.48. The fraction of sp³-hybridized carbons (Fsp3) is 0.778. The van der Waals surface area contributed by atoms with Crippen LogP contribution in [0.4, 0.5) is 0 Å². The molecule has 0 bridgehead atoms. The molecule has 0 amide bonds. The van der Waals surface area contributed by atoms with Gasteiger partial charge in [0.25, 0.3) is 0 Å². The highest BCUT2D eigenvalue weighted by molar-refractivity contribution is 4.99. The molecule has 10 heavy (non-hydrogen) atoms. The zero-order chi connectivity index (χ0) is 7.98. The number of nitrogens with one attached hydrogen (secondary N) is 1. The van der Waals surface area contributed by atoms with Crippen molar-refractivity contribution in [2.45, 2.75) is 40.2 Å². The van der Waals surface area contributed by atoms with Gasteiger partial charge in [0.15, 0.2) is 0 Å². The molecule has 1 atom stereocenters. The van der Waals surface area contributed by atoms with E-state index in [1.165, 1.54) is 12.0 Å². The summed E-state index contributed by atoms with van der Waals surface area (Å²) in [5.41, 5.74) is 1.39. The molecule has 0 aromatic carbocycles. The molecule has 0 aliphatic heterocycles. The summed E-state index contributed by atoms with van der Waals surface area (Å²) in [7, 11) is 0. The minimum Gasteiger partial charge on any atom is -0.311 e. The molecule has 0 heterocycles. The third kappa shape index (κ3) is 5.83. The van der Waals surface area contributed by atoms with Crippen LogP contribution in [0.1, 0.15) is 34.1 Å². The monoisotopic (exact) mass is 141 g/mol. The smallest absolute Gasteiger partial charge is 0.0224 e. The molecule has 0 aliphatic carbocycles. The van der Waals surface area contributed by atoms with Crippen LogP contribution in [-0.2, 0) is 0 Å². The van der Waals surface area contributed by atoms with Crippen LogP contribution in [0.5, 0.6) is 0 Å². The van der Waals surface area contributed by atoms with Crippen molar-refractivity contribution < 1.29 is 0 Å². The lowest BCUT2D eigenvalue weighted by molar-refractivity contribution is 0.621. The Hall–Kier alpha value is -0.300. The first-order valence-electron chi connectivity index (χ1n) is 4.05. The van der Waals surface area contributed by atoms with E-state index < -0.39 is 0 Å². The molecule has 0 fully saturated rings. The Bertz CT molecular complexity index is 101. The minimum atomic E-state index is 0.532. The van der Waals surface area contributed by atoms with Crippen LogP contribution in [0.2, 0.25) is 0 Å². The molecule has 1 heteroatoms. The van der Waals surface area contributed by atoms with Gasteiger partial charge in [-0.2, -0.15) is 0 Å². The fourth-order valence-electron chi connectivity index (χ4n) is 0.931. The van der Waals surface area contributed by atoms with E-state index in [2.05, 4.69) is 39.1 Å². The highest BCUT2D eigenvalue weighted by Gasteiger charge is 1.92. The summed E-state index contributed by atoms with van der Waals surface area (Å²) in [4.78, 5) is 0. The molecule has 0 spiro atoms. The van der Waals surface area contributed by atoms with E-state index in [1.807, 2.05) is 0 Å². The standard InChI is InChI=1S/C9H19N/c1-5-6-10-9(4)7-8(2)3/h7,9-10H,5-6H2,1-4H3. The van der Waals surface area contributed by atoms with Crippen LogP contribution in [0.25, 0.3) is 0 Å². The highest BCUT2D eigenvalue weighted by atomic mass is 14.9. The third-order valence-electron chi connectivity index (χ3n) is 1.30. The van der Waals surface area contributed by atoms with Gasteiger partial charge < -0.3 is 5.32 Å². The van der Waals surface area contributed by atoms with Crippen molar-refractivity contribution in [3.8, 4) is 0 Å². The minimum absolute atomic E-state index is 0.532. The molecule has 60 valence electrons. The summed E-state index contributed by atoms with van der Waals surface area (Å²) < 4.78 is 0. The van der Waals surface area contributed by atoms with E-state index in [-0.39, 0.29) is 0 Å². The zero-order valence-corrected chi connectivity index (χ0v) is 7.57. The Morgan fingerprint density at radius 3 is 2.50 bits per heavy atom. The average Bonchev–Trinajstić information content (AvgIpc) is 1.82. The van der Waals surface area contributed by atoms with Gasteiger partial charge in [0.05, 0.1) is 0 Å². The first-order valence-corrected chi connectivity index (χ1v) is 4.05. The number of allylic oxidation sites excluding steroid dienone is 1. The van der Waals surface area contributed by atoms with Gasteiger partial charge in [-0.3, -0.25) is 0 Å². The van der Waals surface area contributed by atoms with Crippen molar-refractivity contribution >= 4 is 0 Å². The number of hydrogen-bond donors (Lipinski definition) is 1. The summed E-state index contributed by atoms with van der Waals surface area (Å²) in [5.74, 6) is 0. The van der Waals surface area contributed by atoms with E-state index in [9.17, 15) is 0 Å². The van der Waals surface area contributed by atoms with E-state index in [0.717, 1.165) is 6.54 Å². The molecule has 0 rings (SSSR count). The van der Waals surface area contributed by atoms with Crippen LogP contribution in [0, 0.1) is 0 Å². The molecule has 0 aromatic heterocycles. The normalized spacial score (nSPS) is 12.8. The zero-order valence-electron chi connectivity index (χ0n) is 7.57. The maximum Gasteiger partial charge on any atom is 0.0224 e. The summed E-state index contributed by atoms with van der Waals surface area (Å²) in [6.07, 6.45) is 3.45. The fourth-order valence-corrected chi connectivity index (χ4v) is 0.931. The Morgan fingerprint density at radius 2 is 2.10 bits per heavy atom. The van der Waals surface area contributed by atoms with E-state index >= 15 is 0 Å². The molecule has 0 saturated carbocycles. The second-order valence-corrected chi connectivity index (χ2v) is 2.99. The lowest BCUT2D eigenvalue weighted by Gasteiger charge is -2.07. The molecular weight excluding hydrogens is 122 g/mol. The van der Waals surface area contributed by atoms with Gasteiger partial charge in [-0.1, -0.05) is 18.6 Å². The molecule has 1 unspecified atom stereocenters. The van der Waals surface area contributed by atoms with Crippen molar-refractivity contribution in [2.75, 3.05) is 6.54 Å². The van der Waals surface area contributed by atoms with Crippen LogP contribution in [-0.4, -0.2) is 12.6 Å². The van der Waals surface area contributed by atoms with Crippen LogP contribution < -0.4 is 5.32 Å². The van der Waals surface area contributed by atoms with Gasteiger partial charge in [-0.25, -0.2) is 0 Å². The Labute approximate surface area is 64.5 Å². The summed E-state index contributed by atoms with van der Waals surface area (Å²) >= 11 is 0. The quantitative estimate of drug-likeness (QED) is 0.592. The van der Waals surface area contributed by atoms with Gasteiger partial charge in [0.2, 0.25) is 0 Å². The van der Waals surface area contributed by atoms with Gasteiger partial charge in [0.1, 0.15) is 0 Å². The predicted octanol–water partition coefficient (Wildman–Crippen LogP) is 2.34. The third-order valence-corrected chi connectivity index (χ3v) is 1.30. The average molecular weight is 141 g/mol. The van der Waals surface area contributed by atoms with E-state index in [4.69, 9.17) is 0 Å². The summed E-state index contributed by atoms with van der Waals surface area (Å²) in [5, 5.41) is 3.39. The van der Waals surface area contributed by atoms with Crippen LogP contribution in [0.3, 0.4) is 0 Å². The number of hydrogen-bond acceptors (Lipinski definition) is 1. The van der Waals surface area contributed by atoms with Gasteiger partial charge in [-0.15, -0.1) is 0 Å². The lowest BCUT2D eigenvalue weighted by Crippen LogP contribution is -2.24. The lowest BCUT2D eigenvalue weighted by atomic mass is 10.2. The first kappa shape index (κ1) is 9.70. The highest BCUT2D eigenvalue weighted by Crippen LogP contribution is 1.92. The summed E-state index contributed by atoms with van der Waals surface area (Å²) in [6, 6.07) is 0.532. The van der Waals surface area contributed by atoms with Crippen molar-refractivity contribution in [1.29, 1.82) is 0 Å². The molecule has 1 N–H and O–H groups in total. The van der Waals surface area contributed by atoms with Crippen molar-refractivity contribution in [1.82, 2.24) is 5.32 Å². The topological polar surface area (TPSA) is 12.0 Å². The molecule has 0 aromatic rings. The van der Waals surface area contributed by atoms with Crippen LogP contribution >= 0.6 is 0 Å². The molecule has 1 nitrogen and oxygen atoms in total. The number of rotatable bonds is 4. The molecule has 0 aliphatic rings. The molecule has 0 saturated heterocycles. The second-order valence-electron chi connectivity index (χ2n) is 2.99. The maximum atomic E-state index is 3.39. The summed E-state index contributed by atoms with van der Waals surface area (Å²) in [6.45, 7) is 9.74. The van der Waals surface area contributed by atoms with E-state index in [0.29, 0.717) is 6.04 Å². The van der Waals surface area contributed by atoms with Crippen molar-refractivity contribution in [3.63, 3.8) is 0 Å². The first-order chi connectivity index (χ1) is 4.66. The van der Waals surface area contributed by atoms with Gasteiger partial charge in [-0.05, 0) is 33.7 Å². The van der Waals surface area contributed by atoms with Gasteiger partial charge >= 0.3 is 0 Å². The van der Waals surface area contributed by atoms with Crippen molar-refractivity contribution in [3.05, 3.63) is 11.6 Å². The Balaban J connectivity index is 3.43. The van der Waals surface area contributed by atoms with Crippen LogP contribution in [0.15, 0.2) is 11.6 Å². The Kier molecular flexibility index (Phi) is 5.32. The SMILES string of the molecule is CCCNC(C)C=C(C)C. The molecule has 0 radical (unpaired) electrons. The Morgan fingerprint density at radius 1 is 1.50 bits per heavy atom. The predicted molar refractivity (Wildman–Crippen MR) is 47.2 cm³/mol. The largest absolute Gasteiger partial charge is 0.311 e. The maximum absolute atomic E-state index is 3.39. The van der Waals surface area contributed by atoms with Gasteiger partial charge in [0, 0.05) is 6.04 Å². The molecular formula is C9H19N. The van der Waals surface area contributed by atoms with E-state index in [1.54, 1.807) is 0 Å². The van der Waals surface area contributed by atoms with Crippen molar-refractivity contribution in [2.24, 2.45) is 0 Å².